The second-order valence-electron chi connectivity index (χ2n) is 16.2. The lowest BCUT2D eigenvalue weighted by Crippen LogP contribution is -2.64. The minimum atomic E-state index is -1.16. The first-order valence-corrected chi connectivity index (χ1v) is 21.0. The molecule has 3 N–H and O–H groups in total. The van der Waals surface area contributed by atoms with Crippen LogP contribution in [-0.2, 0) is 20.9 Å². The number of methoxy groups -OCH3 is 1. The molecule has 0 saturated carbocycles. The number of aliphatic imine (C=N–C) groups is 1. The minimum absolute atomic E-state index is 0.0627. The monoisotopic (exact) mass is 863 g/mol. The fraction of sp³-hybridized carbons (Fsp3) is 0.489. The first-order valence-electron chi connectivity index (χ1n) is 20.6. The molecule has 0 aliphatic carbocycles. The number of anilines is 1. The zero-order valence-electron chi connectivity index (χ0n) is 36.0. The molecule has 14 nitrogen and oxygen atoms in total. The Balaban J connectivity index is 0.000000233. The van der Waals surface area contributed by atoms with Crippen LogP contribution in [0.2, 0.25) is 5.02 Å². The van der Waals surface area contributed by atoms with E-state index in [0.717, 1.165) is 77.1 Å². The van der Waals surface area contributed by atoms with Gasteiger partial charge in [0.2, 0.25) is 0 Å². The number of amides is 3. The van der Waals surface area contributed by atoms with E-state index in [-0.39, 0.29) is 36.0 Å². The van der Waals surface area contributed by atoms with Gasteiger partial charge in [-0.3, -0.25) is 24.4 Å². The van der Waals surface area contributed by atoms with E-state index in [0.29, 0.717) is 13.2 Å². The van der Waals surface area contributed by atoms with Crippen LogP contribution in [0.25, 0.3) is 17.2 Å². The number of hydrogen-bond acceptors (Lipinski definition) is 11. The third-order valence-corrected chi connectivity index (χ3v) is 11.5. The van der Waals surface area contributed by atoms with E-state index in [1.165, 1.54) is 35.1 Å². The Morgan fingerprint density at radius 1 is 0.967 bits per heavy atom. The Bertz CT molecular complexity index is 2060. The molecule has 3 aliphatic rings. The number of carbonyl (C=O) groups excluding carboxylic acids is 2. The van der Waals surface area contributed by atoms with Gasteiger partial charge >= 0.3 is 12.0 Å². The maximum Gasteiger partial charge on any atom is 0.328 e. The number of para-hydroxylation sites is 1. The molecule has 4 atom stereocenters. The van der Waals surface area contributed by atoms with Gasteiger partial charge in [-0.15, -0.1) is 0 Å². The number of aliphatic hydroxyl groups is 2. The number of nitrogens with zero attached hydrogens (tertiary/aromatic N) is 7. The molecule has 2 aromatic carbocycles. The van der Waals surface area contributed by atoms with E-state index in [1.807, 2.05) is 36.9 Å². The van der Waals surface area contributed by atoms with Crippen LogP contribution in [0.3, 0.4) is 0 Å². The number of rotatable bonds is 15. The lowest BCUT2D eigenvalue weighted by Gasteiger charge is -2.41. The number of carboxylic acid groups (broad SMARTS) is 1. The summed E-state index contributed by atoms with van der Waals surface area (Å²) in [6, 6.07) is 13.4. The highest BCUT2D eigenvalue weighted by atomic mass is 35.5. The van der Waals surface area contributed by atoms with Crippen molar-refractivity contribution in [3.8, 4) is 11.1 Å². The molecule has 3 amide bonds. The molecule has 330 valence electrons. The van der Waals surface area contributed by atoms with Gasteiger partial charge in [-0.2, -0.15) is 0 Å². The van der Waals surface area contributed by atoms with Gasteiger partial charge in [-0.25, -0.2) is 14.2 Å². The van der Waals surface area contributed by atoms with E-state index in [4.69, 9.17) is 26.4 Å². The summed E-state index contributed by atoms with van der Waals surface area (Å²) >= 11 is 6.31. The van der Waals surface area contributed by atoms with Crippen molar-refractivity contribution >= 4 is 47.6 Å². The molecule has 2 unspecified atom stereocenters. The number of ether oxygens (including phenoxy) is 1. The number of aromatic nitrogens is 1. The molecule has 2 saturated heterocycles. The number of carboxylic acids is 1. The van der Waals surface area contributed by atoms with Gasteiger partial charge in [-0.1, -0.05) is 75.7 Å². The molecule has 3 aliphatic heterocycles. The summed E-state index contributed by atoms with van der Waals surface area (Å²) in [6.45, 7) is 13.8. The molecule has 16 heteroatoms. The Morgan fingerprint density at radius 2 is 1.62 bits per heavy atom. The fourth-order valence-corrected chi connectivity index (χ4v) is 8.18. The number of urea groups is 1. The average Bonchev–Trinajstić information content (AvgIpc) is 3.65. The molecule has 1 aromatic heterocycles. The van der Waals surface area contributed by atoms with Gasteiger partial charge in [0.15, 0.2) is 12.2 Å². The van der Waals surface area contributed by atoms with Crippen LogP contribution in [0.1, 0.15) is 74.9 Å². The molecule has 4 heterocycles. The summed E-state index contributed by atoms with van der Waals surface area (Å²) in [5, 5.41) is 29.9. The van der Waals surface area contributed by atoms with E-state index in [9.17, 15) is 29.0 Å². The number of aliphatic hydroxyl groups excluding tert-OH is 2. The zero-order valence-corrected chi connectivity index (χ0v) is 36.8. The van der Waals surface area contributed by atoms with Crippen LogP contribution < -0.4 is 4.90 Å². The Labute approximate surface area is 362 Å². The summed E-state index contributed by atoms with van der Waals surface area (Å²) in [4.78, 5) is 54.2. The number of aliphatic carboxylic acids is 1. The van der Waals surface area contributed by atoms with E-state index in [1.54, 1.807) is 38.7 Å². The summed E-state index contributed by atoms with van der Waals surface area (Å²) in [5.41, 5.74) is 6.13. The normalized spacial score (nSPS) is 19.2. The van der Waals surface area contributed by atoms with Crippen molar-refractivity contribution in [2.75, 3.05) is 65.4 Å². The molecule has 61 heavy (non-hydrogen) atoms. The number of carbonyl (C=O) groups is 3. The van der Waals surface area contributed by atoms with Gasteiger partial charge in [0, 0.05) is 83.7 Å². The summed E-state index contributed by atoms with van der Waals surface area (Å²) < 4.78 is 19.2. The molecule has 6 rings (SSSR count). The third kappa shape index (κ3) is 11.5. The fourth-order valence-electron chi connectivity index (χ4n) is 7.93. The number of benzene rings is 2. The molecule has 2 fully saturated rings. The number of pyridine rings is 1. The van der Waals surface area contributed by atoms with Crippen molar-refractivity contribution in [2.24, 2.45) is 4.99 Å². The summed E-state index contributed by atoms with van der Waals surface area (Å²) in [6.07, 6.45) is 1.84. The topological polar surface area (TPSA) is 163 Å². The number of piperazine rings is 1. The van der Waals surface area contributed by atoms with Crippen molar-refractivity contribution in [1.82, 2.24) is 24.6 Å². The first-order chi connectivity index (χ1) is 29.0. The SMILES string of the molecule is CN1C(=O)C2C(N=CN2CCN2CCN(c3ccccc3Cl)CC2)N(C)C1=O.COCc1c(C(C)C)nc(C(C)C)c(/C=C/[C@@H](O)C[C@@H](O)CC(=O)O)c1-c1ccc(F)cc1. The van der Waals surface area contributed by atoms with Crippen molar-refractivity contribution in [2.45, 2.75) is 83.4 Å². The molecule has 0 spiro atoms. The highest BCUT2D eigenvalue weighted by Gasteiger charge is 2.48. The second kappa shape index (κ2) is 21.2. The Morgan fingerprint density at radius 3 is 2.23 bits per heavy atom. The minimum Gasteiger partial charge on any atom is -0.481 e. The van der Waals surface area contributed by atoms with Crippen molar-refractivity contribution in [3.63, 3.8) is 0 Å². The number of halogens is 2. The van der Waals surface area contributed by atoms with Crippen molar-refractivity contribution in [1.29, 1.82) is 0 Å². The summed E-state index contributed by atoms with van der Waals surface area (Å²) in [5.74, 6) is -1.46. The van der Waals surface area contributed by atoms with E-state index < -0.39 is 36.8 Å². The standard InChI is InChI=1S/C26H34FNO5.C19H25ClN6O2/c1-15(2)25-21(11-10-19(29)12-20(30)13-23(31)32)24(17-6-8-18(27)9-7-17)22(14-33-5)26(28-25)16(3)4;1-22-17-16(18(27)23(2)19(22)28)26(13-21-17)12-9-24-7-10-25(11-8-24)15-6-4-3-5-14(15)20/h6-11,15-16,19-20,29-30H,12-14H2,1-5H3,(H,31,32);3-6,13,16-17H,7-12H2,1-2H3/b11-10+;/t19-,20-;/m1./s1. The van der Waals surface area contributed by atoms with Crippen LogP contribution in [0.5, 0.6) is 0 Å². The highest BCUT2D eigenvalue weighted by Crippen LogP contribution is 2.38. The van der Waals surface area contributed by atoms with Gasteiger partial charge in [0.25, 0.3) is 5.91 Å². The Kier molecular flexibility index (Phi) is 16.4. The lowest BCUT2D eigenvalue weighted by atomic mass is 9.87. The van der Waals surface area contributed by atoms with Crippen LogP contribution in [0, 0.1) is 5.82 Å². The van der Waals surface area contributed by atoms with Gasteiger partial charge in [0.05, 0.1) is 48.0 Å². The summed E-state index contributed by atoms with van der Waals surface area (Å²) in [7, 11) is 4.83. The van der Waals surface area contributed by atoms with Crippen LogP contribution >= 0.6 is 11.6 Å². The van der Waals surface area contributed by atoms with E-state index in [2.05, 4.69) is 34.7 Å². The number of likely N-dealkylation sites (N-methyl/N-ethyl adjacent to an activating group) is 2. The molecular weight excluding hydrogens is 805 g/mol. The predicted molar refractivity (Wildman–Crippen MR) is 235 cm³/mol. The molecular formula is C45H59ClFN7O7. The zero-order chi connectivity index (χ0) is 44.5. The van der Waals surface area contributed by atoms with Gasteiger partial charge in [0.1, 0.15) is 5.82 Å². The number of fused-ring (bicyclic) bond motifs is 1. The number of hydrogen-bond donors (Lipinski definition) is 3. The molecule has 0 bridgehead atoms. The highest BCUT2D eigenvalue weighted by molar-refractivity contribution is 6.33. The van der Waals surface area contributed by atoms with Crippen LogP contribution in [0.4, 0.5) is 14.9 Å². The maximum atomic E-state index is 13.7. The lowest BCUT2D eigenvalue weighted by molar-refractivity contribution is -0.139. The van der Waals surface area contributed by atoms with E-state index >= 15 is 0 Å². The van der Waals surface area contributed by atoms with Crippen LogP contribution in [-0.4, -0.2) is 149 Å². The van der Waals surface area contributed by atoms with Crippen molar-refractivity contribution in [3.05, 3.63) is 88.0 Å². The largest absolute Gasteiger partial charge is 0.481 e. The molecule has 0 radical (unpaired) electrons. The average molecular weight is 864 g/mol. The third-order valence-electron chi connectivity index (χ3n) is 11.1. The smallest absolute Gasteiger partial charge is 0.328 e. The Hall–Kier alpha value is -4.93. The quantitative estimate of drug-likeness (QED) is 0.167. The molecule has 3 aromatic rings. The van der Waals surface area contributed by atoms with Crippen LogP contribution in [0.15, 0.2) is 59.6 Å². The second-order valence-corrected chi connectivity index (χ2v) is 16.7. The van der Waals surface area contributed by atoms with Crippen molar-refractivity contribution < 1.29 is 38.8 Å². The predicted octanol–water partition coefficient (Wildman–Crippen LogP) is 5.91. The van der Waals surface area contributed by atoms with Gasteiger partial charge < -0.3 is 34.8 Å². The van der Waals surface area contributed by atoms with Gasteiger partial charge in [-0.05, 0) is 47.2 Å². The first kappa shape index (κ1) is 47.1. The maximum absolute atomic E-state index is 13.7. The number of imide groups is 1.